The summed E-state index contributed by atoms with van der Waals surface area (Å²) in [5.41, 5.74) is 0. The summed E-state index contributed by atoms with van der Waals surface area (Å²) in [6.07, 6.45) is -6.35. The van der Waals surface area contributed by atoms with Crippen LogP contribution in [0, 0.1) is 0 Å². The first-order valence-corrected chi connectivity index (χ1v) is 4.39. The van der Waals surface area contributed by atoms with Crippen LogP contribution in [0.3, 0.4) is 0 Å². The molecular weight excluding hydrogens is 355 g/mol. The predicted molar refractivity (Wildman–Crippen MR) is 43.9 cm³/mol. The van der Waals surface area contributed by atoms with E-state index in [1.165, 1.54) is 0 Å². The molecule has 0 spiro atoms. The van der Waals surface area contributed by atoms with E-state index < -0.39 is 23.1 Å². The third-order valence-electron chi connectivity index (χ3n) is 1.15. The number of allylic oxidation sites excluding steroid dienone is 1. The Labute approximate surface area is 92.2 Å². The van der Waals surface area contributed by atoms with Gasteiger partial charge in [-0.3, -0.25) is 0 Å². The van der Waals surface area contributed by atoms with Crippen molar-refractivity contribution in [1.82, 2.24) is 0 Å². The zero-order chi connectivity index (χ0) is 11.8. The van der Waals surface area contributed by atoms with E-state index in [4.69, 9.17) is 0 Å². The van der Waals surface area contributed by atoms with E-state index in [1.807, 2.05) is 0 Å². The molecule has 14 heavy (non-hydrogen) atoms. The first-order chi connectivity index (χ1) is 5.98. The van der Waals surface area contributed by atoms with E-state index in [9.17, 15) is 30.7 Å². The number of hydrogen-bond acceptors (Lipinski definition) is 0. The third-order valence-corrected chi connectivity index (χ3v) is 2.48. The maximum Gasteiger partial charge on any atom is 0.460 e. The van der Waals surface area contributed by atoms with E-state index >= 15 is 0 Å². The van der Waals surface area contributed by atoms with E-state index in [-0.39, 0.29) is 4.08 Å². The molecule has 0 nitrogen and oxygen atoms in total. The van der Waals surface area contributed by atoms with Crippen LogP contribution < -0.4 is 0 Å². The lowest BCUT2D eigenvalue weighted by molar-refractivity contribution is -0.342. The minimum Gasteiger partial charge on any atom is -0.193 e. The molecule has 0 heterocycles. The molecular formula is C5HClF7I. The Morgan fingerprint density at radius 3 is 1.57 bits per heavy atom. The molecule has 0 amide bonds. The summed E-state index contributed by atoms with van der Waals surface area (Å²) >= 11 is 5.60. The predicted octanol–water partition coefficient (Wildman–Crippen LogP) is 4.33. The largest absolute Gasteiger partial charge is 0.460 e. The fraction of sp³-hybridized carbons (Fsp3) is 0.600. The van der Waals surface area contributed by atoms with E-state index in [0.29, 0.717) is 0 Å². The molecule has 0 atom stereocenters. The van der Waals surface area contributed by atoms with Crippen molar-refractivity contribution in [2.24, 2.45) is 0 Å². The molecule has 0 rings (SSSR count). The minimum absolute atomic E-state index is 0.249. The van der Waals surface area contributed by atoms with Gasteiger partial charge >= 0.3 is 18.0 Å². The average Bonchev–Trinajstić information content (AvgIpc) is 2.00. The van der Waals surface area contributed by atoms with Crippen molar-refractivity contribution in [1.29, 1.82) is 0 Å². The van der Waals surface area contributed by atoms with Crippen molar-refractivity contribution < 1.29 is 30.7 Å². The molecule has 0 fully saturated rings. The summed E-state index contributed by atoms with van der Waals surface area (Å²) in [6.45, 7) is 0. The summed E-state index contributed by atoms with van der Waals surface area (Å²) < 4.78 is 83.9. The van der Waals surface area contributed by atoms with Gasteiger partial charge in [-0.25, -0.2) is 0 Å². The molecule has 0 aromatic carbocycles. The Hall–Kier alpha value is 0.270. The molecule has 0 aliphatic rings. The molecule has 0 aliphatic heterocycles. The normalized spacial score (nSPS) is 15.9. The van der Waals surface area contributed by atoms with Gasteiger partial charge in [0, 0.05) is 0 Å². The highest BCUT2D eigenvalue weighted by atomic mass is 127. The zero-order valence-corrected chi connectivity index (χ0v) is 8.89. The molecule has 0 aliphatic carbocycles. The molecule has 0 radical (unpaired) electrons. The minimum atomic E-state index is -6.35. The van der Waals surface area contributed by atoms with Crippen LogP contribution in [0.4, 0.5) is 30.7 Å². The van der Waals surface area contributed by atoms with E-state index in [0.717, 1.165) is 22.6 Å². The van der Waals surface area contributed by atoms with Crippen molar-refractivity contribution in [2.45, 2.75) is 18.0 Å². The summed E-state index contributed by atoms with van der Waals surface area (Å²) in [7, 11) is 0. The van der Waals surface area contributed by atoms with E-state index in [1.54, 1.807) is 0 Å². The quantitative estimate of drug-likeness (QED) is 0.510. The molecule has 0 aromatic heterocycles. The van der Waals surface area contributed by atoms with Gasteiger partial charge in [0.25, 0.3) is 0 Å². The van der Waals surface area contributed by atoms with Gasteiger partial charge in [-0.05, 0) is 4.08 Å². The van der Waals surface area contributed by atoms with Crippen LogP contribution >= 0.6 is 34.2 Å². The molecule has 9 heteroatoms. The van der Waals surface area contributed by atoms with Gasteiger partial charge < -0.3 is 0 Å². The Morgan fingerprint density at radius 1 is 1.00 bits per heavy atom. The Kier molecular flexibility index (Phi) is 4.11. The van der Waals surface area contributed by atoms with Gasteiger partial charge in [0.15, 0.2) is 0 Å². The molecule has 0 saturated carbocycles. The smallest absolute Gasteiger partial charge is 0.193 e. The van der Waals surface area contributed by atoms with Crippen molar-refractivity contribution in [3.8, 4) is 0 Å². The third kappa shape index (κ3) is 2.26. The SMILES string of the molecule is FC(F)(F)C(F)(F)C(F)(F)C(Cl)=CI. The van der Waals surface area contributed by atoms with Crippen LogP contribution in [-0.2, 0) is 0 Å². The average molecular weight is 356 g/mol. The fourth-order valence-electron chi connectivity index (χ4n) is 0.397. The van der Waals surface area contributed by atoms with Gasteiger partial charge in [0.05, 0.1) is 5.03 Å². The summed E-state index contributed by atoms with van der Waals surface area (Å²) in [5, 5.41) is -1.86. The lowest BCUT2D eigenvalue weighted by Crippen LogP contribution is -2.52. The second-order valence-corrected chi connectivity index (χ2v) is 3.13. The molecule has 0 aromatic rings. The summed E-state index contributed by atoms with van der Waals surface area (Å²) in [6, 6.07) is 0. The van der Waals surface area contributed by atoms with Crippen LogP contribution in [0.15, 0.2) is 9.12 Å². The van der Waals surface area contributed by atoms with Crippen molar-refractivity contribution in [3.63, 3.8) is 0 Å². The van der Waals surface area contributed by atoms with Crippen LogP contribution in [0.1, 0.15) is 0 Å². The maximum absolute atomic E-state index is 12.4. The first-order valence-electron chi connectivity index (χ1n) is 2.77. The Bertz CT molecular complexity index is 243. The van der Waals surface area contributed by atoms with Crippen molar-refractivity contribution in [2.75, 3.05) is 0 Å². The number of hydrogen-bond donors (Lipinski definition) is 0. The fourth-order valence-corrected chi connectivity index (χ4v) is 0.906. The molecule has 0 unspecified atom stereocenters. The Balaban J connectivity index is 5.29. The second-order valence-electron chi connectivity index (χ2n) is 2.10. The van der Waals surface area contributed by atoms with Crippen LogP contribution in [-0.4, -0.2) is 18.0 Å². The van der Waals surface area contributed by atoms with Crippen LogP contribution in [0.25, 0.3) is 0 Å². The van der Waals surface area contributed by atoms with Crippen LogP contribution in [0.5, 0.6) is 0 Å². The highest BCUT2D eigenvalue weighted by Gasteiger charge is 2.74. The number of halogens is 9. The van der Waals surface area contributed by atoms with Gasteiger partial charge in [-0.2, -0.15) is 30.7 Å². The van der Waals surface area contributed by atoms with Crippen molar-refractivity contribution >= 4 is 34.2 Å². The molecule has 0 saturated heterocycles. The standard InChI is InChI=1S/C5HClF7I/c6-2(1-14)3(7,8)4(9,10)5(11,12)13/h1H. The lowest BCUT2D eigenvalue weighted by Gasteiger charge is -2.27. The van der Waals surface area contributed by atoms with Crippen LogP contribution in [0.2, 0.25) is 0 Å². The molecule has 0 N–H and O–H groups in total. The highest BCUT2D eigenvalue weighted by molar-refractivity contribution is 14.1. The lowest BCUT2D eigenvalue weighted by atomic mass is 10.1. The number of rotatable bonds is 2. The zero-order valence-electron chi connectivity index (χ0n) is 5.98. The Morgan fingerprint density at radius 2 is 1.36 bits per heavy atom. The van der Waals surface area contributed by atoms with Gasteiger partial charge in [-0.15, -0.1) is 0 Å². The maximum atomic E-state index is 12.4. The van der Waals surface area contributed by atoms with E-state index in [2.05, 4.69) is 11.6 Å². The molecule has 84 valence electrons. The second kappa shape index (κ2) is 4.03. The topological polar surface area (TPSA) is 0 Å². The number of alkyl halides is 7. The monoisotopic (exact) mass is 356 g/mol. The summed E-state index contributed by atoms with van der Waals surface area (Å²) in [4.78, 5) is 0. The first kappa shape index (κ1) is 14.3. The van der Waals surface area contributed by atoms with Gasteiger partial charge in [-0.1, -0.05) is 34.2 Å². The van der Waals surface area contributed by atoms with Gasteiger partial charge in [0.1, 0.15) is 0 Å². The van der Waals surface area contributed by atoms with Crippen molar-refractivity contribution in [3.05, 3.63) is 9.12 Å². The van der Waals surface area contributed by atoms with Gasteiger partial charge in [0.2, 0.25) is 0 Å². The molecule has 0 bridgehead atoms. The highest BCUT2D eigenvalue weighted by Crippen LogP contribution is 2.50. The summed E-state index contributed by atoms with van der Waals surface area (Å²) in [5.74, 6) is -11.6.